The molecule has 0 aromatic heterocycles. The van der Waals surface area contributed by atoms with Crippen molar-refractivity contribution in [2.45, 2.75) is 51.9 Å². The van der Waals surface area contributed by atoms with Crippen molar-refractivity contribution < 1.29 is 19.1 Å². The molecule has 0 saturated carbocycles. The van der Waals surface area contributed by atoms with Gasteiger partial charge in [-0.3, -0.25) is 14.4 Å². The van der Waals surface area contributed by atoms with Crippen molar-refractivity contribution in [2.24, 2.45) is 0 Å². The van der Waals surface area contributed by atoms with Gasteiger partial charge < -0.3 is 10.1 Å². The van der Waals surface area contributed by atoms with Crippen molar-refractivity contribution >= 4 is 17.7 Å². The van der Waals surface area contributed by atoms with E-state index >= 15 is 0 Å². The summed E-state index contributed by atoms with van der Waals surface area (Å²) in [5.41, 5.74) is 3.05. The first kappa shape index (κ1) is 19.9. The van der Waals surface area contributed by atoms with Crippen LogP contribution in [0.4, 0.5) is 0 Å². The molecule has 0 aliphatic heterocycles. The molecule has 0 radical (unpaired) electrons. The lowest BCUT2D eigenvalue weighted by atomic mass is 9.97. The van der Waals surface area contributed by atoms with Gasteiger partial charge in [-0.2, -0.15) is 0 Å². The van der Waals surface area contributed by atoms with Crippen LogP contribution in [0.25, 0.3) is 0 Å². The van der Waals surface area contributed by atoms with Gasteiger partial charge in [0.15, 0.2) is 12.4 Å². The van der Waals surface area contributed by atoms with Crippen LogP contribution in [0.1, 0.15) is 60.9 Å². The number of amides is 1. The van der Waals surface area contributed by atoms with E-state index in [4.69, 9.17) is 4.74 Å². The highest BCUT2D eigenvalue weighted by atomic mass is 16.5. The first-order valence-corrected chi connectivity index (χ1v) is 9.24. The summed E-state index contributed by atoms with van der Waals surface area (Å²) in [4.78, 5) is 35.4. The standard InChI is InChI=1S/C21H27NO4/c1-16-7-9-18(10-8-16)19(23)11-12-21(25)26-15-20(24)22-14-13-17-5-3-2-4-6-17/h5,7-10H,2-4,6,11-15H2,1H3,(H,22,24). The number of benzene rings is 1. The fraction of sp³-hybridized carbons (Fsp3) is 0.476. The highest BCUT2D eigenvalue weighted by molar-refractivity contribution is 5.97. The normalized spacial score (nSPS) is 13.7. The Morgan fingerprint density at radius 1 is 1.08 bits per heavy atom. The van der Waals surface area contributed by atoms with Gasteiger partial charge in [-0.25, -0.2) is 0 Å². The first-order chi connectivity index (χ1) is 12.5. The molecule has 140 valence electrons. The van der Waals surface area contributed by atoms with Crippen molar-refractivity contribution in [3.05, 3.63) is 47.0 Å². The van der Waals surface area contributed by atoms with Crippen LogP contribution in [0.15, 0.2) is 35.9 Å². The number of carbonyl (C=O) groups excluding carboxylic acids is 3. The number of rotatable bonds is 9. The smallest absolute Gasteiger partial charge is 0.306 e. The van der Waals surface area contributed by atoms with E-state index in [1.165, 1.54) is 18.4 Å². The Morgan fingerprint density at radius 2 is 1.85 bits per heavy atom. The van der Waals surface area contributed by atoms with Crippen LogP contribution in [-0.2, 0) is 14.3 Å². The predicted molar refractivity (Wildman–Crippen MR) is 99.9 cm³/mol. The molecule has 1 N–H and O–H groups in total. The molecular weight excluding hydrogens is 330 g/mol. The summed E-state index contributed by atoms with van der Waals surface area (Å²) in [5, 5.41) is 2.76. The lowest BCUT2D eigenvalue weighted by molar-refractivity contribution is -0.148. The average Bonchev–Trinajstić information content (AvgIpc) is 2.66. The molecule has 1 aromatic carbocycles. The average molecular weight is 357 g/mol. The Kier molecular flexibility index (Phi) is 8.06. The van der Waals surface area contributed by atoms with Gasteiger partial charge in [0.2, 0.25) is 0 Å². The number of carbonyl (C=O) groups is 3. The number of hydrogen-bond donors (Lipinski definition) is 1. The van der Waals surface area contributed by atoms with Crippen LogP contribution in [0.3, 0.4) is 0 Å². The second-order valence-corrected chi connectivity index (χ2v) is 6.66. The second-order valence-electron chi connectivity index (χ2n) is 6.66. The van der Waals surface area contributed by atoms with Crippen molar-refractivity contribution in [3.63, 3.8) is 0 Å². The minimum absolute atomic E-state index is 0.0210. The monoisotopic (exact) mass is 357 g/mol. The number of hydrogen-bond acceptors (Lipinski definition) is 4. The quantitative estimate of drug-likeness (QED) is 0.417. The van der Waals surface area contributed by atoms with Crippen LogP contribution in [0.5, 0.6) is 0 Å². The molecule has 2 rings (SSSR count). The Hall–Kier alpha value is -2.43. The molecule has 1 aliphatic rings. The molecule has 5 nitrogen and oxygen atoms in total. The summed E-state index contributed by atoms with van der Waals surface area (Å²) in [6.07, 6.45) is 7.87. The highest BCUT2D eigenvalue weighted by Gasteiger charge is 2.12. The fourth-order valence-electron chi connectivity index (χ4n) is 2.86. The Balaban J connectivity index is 1.58. The van der Waals surface area contributed by atoms with E-state index in [2.05, 4.69) is 11.4 Å². The molecule has 0 unspecified atom stereocenters. The molecule has 1 aromatic rings. The van der Waals surface area contributed by atoms with Crippen molar-refractivity contribution in [3.8, 4) is 0 Å². The van der Waals surface area contributed by atoms with E-state index < -0.39 is 5.97 Å². The maximum Gasteiger partial charge on any atom is 0.306 e. The third-order valence-electron chi connectivity index (χ3n) is 4.45. The van der Waals surface area contributed by atoms with Crippen molar-refractivity contribution in [1.29, 1.82) is 0 Å². The zero-order valence-electron chi connectivity index (χ0n) is 15.4. The molecular formula is C21H27NO4. The number of aryl methyl sites for hydroxylation is 1. The molecule has 0 fully saturated rings. The van der Waals surface area contributed by atoms with Gasteiger partial charge in [0.25, 0.3) is 5.91 Å². The summed E-state index contributed by atoms with van der Waals surface area (Å²) in [5.74, 6) is -0.942. The van der Waals surface area contributed by atoms with Gasteiger partial charge in [0, 0.05) is 18.5 Å². The molecule has 1 amide bonds. The molecule has 26 heavy (non-hydrogen) atoms. The summed E-state index contributed by atoms with van der Waals surface area (Å²) in [6, 6.07) is 7.22. The lowest BCUT2D eigenvalue weighted by Gasteiger charge is -2.13. The number of nitrogens with one attached hydrogen (secondary N) is 1. The molecule has 1 aliphatic carbocycles. The largest absolute Gasteiger partial charge is 0.456 e. The molecule has 5 heteroatoms. The van der Waals surface area contributed by atoms with Gasteiger partial charge in [-0.15, -0.1) is 0 Å². The highest BCUT2D eigenvalue weighted by Crippen LogP contribution is 2.19. The number of ketones is 1. The molecule has 0 saturated heterocycles. The van der Waals surface area contributed by atoms with Gasteiger partial charge in [-0.05, 0) is 39.0 Å². The maximum absolute atomic E-state index is 12.0. The summed E-state index contributed by atoms with van der Waals surface area (Å²) >= 11 is 0. The van der Waals surface area contributed by atoms with E-state index in [-0.39, 0.29) is 31.1 Å². The number of allylic oxidation sites excluding steroid dienone is 1. The minimum Gasteiger partial charge on any atom is -0.456 e. The van der Waals surface area contributed by atoms with E-state index in [0.717, 1.165) is 24.8 Å². The third-order valence-corrected chi connectivity index (χ3v) is 4.45. The summed E-state index contributed by atoms with van der Waals surface area (Å²) in [7, 11) is 0. The predicted octanol–water partition coefficient (Wildman–Crippen LogP) is 3.51. The van der Waals surface area contributed by atoms with Crippen molar-refractivity contribution in [2.75, 3.05) is 13.2 Å². The van der Waals surface area contributed by atoms with E-state index in [1.807, 2.05) is 19.1 Å². The van der Waals surface area contributed by atoms with Crippen LogP contribution in [-0.4, -0.2) is 30.8 Å². The zero-order valence-corrected chi connectivity index (χ0v) is 15.4. The van der Waals surface area contributed by atoms with Gasteiger partial charge in [0.05, 0.1) is 6.42 Å². The van der Waals surface area contributed by atoms with E-state index in [9.17, 15) is 14.4 Å². The Bertz CT molecular complexity index is 661. The van der Waals surface area contributed by atoms with Crippen LogP contribution < -0.4 is 5.32 Å². The Morgan fingerprint density at radius 3 is 2.54 bits per heavy atom. The number of ether oxygens (including phenoxy) is 1. The third kappa shape index (κ3) is 7.21. The first-order valence-electron chi connectivity index (χ1n) is 9.24. The van der Waals surface area contributed by atoms with Crippen LogP contribution in [0, 0.1) is 6.92 Å². The van der Waals surface area contributed by atoms with E-state index in [1.54, 1.807) is 12.1 Å². The lowest BCUT2D eigenvalue weighted by Crippen LogP contribution is -2.30. The van der Waals surface area contributed by atoms with Gasteiger partial charge in [0.1, 0.15) is 0 Å². The Labute approximate surface area is 154 Å². The summed E-state index contributed by atoms with van der Waals surface area (Å²) in [6.45, 7) is 2.22. The molecule has 0 spiro atoms. The van der Waals surface area contributed by atoms with Gasteiger partial charge in [-0.1, -0.05) is 41.5 Å². The molecule has 0 atom stereocenters. The molecule has 0 bridgehead atoms. The van der Waals surface area contributed by atoms with Crippen molar-refractivity contribution in [1.82, 2.24) is 5.32 Å². The maximum atomic E-state index is 12.0. The zero-order chi connectivity index (χ0) is 18.8. The SMILES string of the molecule is Cc1ccc(C(=O)CCC(=O)OCC(=O)NCCC2=CCCCC2)cc1. The number of Topliss-reactive ketones (excluding diaryl/α,β-unsaturated/α-hetero) is 1. The van der Waals surface area contributed by atoms with Crippen LogP contribution >= 0.6 is 0 Å². The van der Waals surface area contributed by atoms with Crippen LogP contribution in [0.2, 0.25) is 0 Å². The second kappa shape index (κ2) is 10.5. The topological polar surface area (TPSA) is 72.5 Å². The van der Waals surface area contributed by atoms with E-state index in [0.29, 0.717) is 12.1 Å². The van der Waals surface area contributed by atoms with Gasteiger partial charge >= 0.3 is 5.97 Å². The minimum atomic E-state index is -0.532. The number of esters is 1. The fourth-order valence-corrected chi connectivity index (χ4v) is 2.86. The summed E-state index contributed by atoms with van der Waals surface area (Å²) < 4.78 is 4.93. The molecule has 0 heterocycles.